The van der Waals surface area contributed by atoms with E-state index in [1.54, 1.807) is 12.1 Å². The van der Waals surface area contributed by atoms with Gasteiger partial charge in [-0.2, -0.15) is 0 Å². The van der Waals surface area contributed by atoms with Crippen LogP contribution in [0.2, 0.25) is 0 Å². The molecule has 4 unspecified atom stereocenters. The van der Waals surface area contributed by atoms with Gasteiger partial charge in [-0.05, 0) is 60.2 Å². The number of hydrogen-bond donors (Lipinski definition) is 6. The summed E-state index contributed by atoms with van der Waals surface area (Å²) in [4.78, 5) is 53.9. The van der Waals surface area contributed by atoms with Crippen molar-refractivity contribution in [2.24, 2.45) is 5.73 Å². The minimum Gasteiger partial charge on any atom is -0.456 e. The van der Waals surface area contributed by atoms with E-state index in [1.807, 2.05) is 29.2 Å². The van der Waals surface area contributed by atoms with E-state index in [0.29, 0.717) is 0 Å². The SMILES string of the molecule is COC1C(O)[C@H](n2ccc(=O)[nH]c2=O)O[C@@H]1[C@@H](O[C@H]1OC(C(=O)NCc2ccc(N3CCC(c4ccc(OC(F)(F)F)cc4)CC3)cc2)=CC(O)C1O)C(N)=O. The number of primary amides is 1. The van der Waals surface area contributed by atoms with Crippen LogP contribution in [0.3, 0.4) is 0 Å². The van der Waals surface area contributed by atoms with E-state index in [-0.39, 0.29) is 18.2 Å². The first-order valence-electron chi connectivity index (χ1n) is 17.5. The molecule has 6 rings (SSSR count). The summed E-state index contributed by atoms with van der Waals surface area (Å²) in [6, 6.07) is 14.4. The lowest BCUT2D eigenvalue weighted by Crippen LogP contribution is -2.54. The third-order valence-electron chi connectivity index (χ3n) is 9.76. The molecule has 8 atom stereocenters. The molecule has 20 heteroatoms. The number of methoxy groups -OCH3 is 1. The van der Waals surface area contributed by atoms with Crippen molar-refractivity contribution in [3.63, 3.8) is 0 Å². The number of rotatable bonds is 12. The Labute approximate surface area is 316 Å². The summed E-state index contributed by atoms with van der Waals surface area (Å²) in [6.07, 6.45) is -14.1. The number of alkyl halides is 3. The van der Waals surface area contributed by atoms with E-state index in [0.717, 1.165) is 65.7 Å². The number of H-pyrrole nitrogens is 1. The molecule has 2 amide bonds. The molecule has 56 heavy (non-hydrogen) atoms. The predicted molar refractivity (Wildman–Crippen MR) is 187 cm³/mol. The largest absolute Gasteiger partial charge is 0.573 e. The number of amides is 2. The van der Waals surface area contributed by atoms with Crippen molar-refractivity contribution >= 4 is 17.5 Å². The van der Waals surface area contributed by atoms with Crippen LogP contribution in [0.1, 0.15) is 36.1 Å². The monoisotopic (exact) mass is 791 g/mol. The lowest BCUT2D eigenvalue weighted by atomic mass is 9.89. The Kier molecular flexibility index (Phi) is 12.2. The maximum absolute atomic E-state index is 13.1. The van der Waals surface area contributed by atoms with Crippen LogP contribution in [0.25, 0.3) is 0 Å². The third-order valence-corrected chi connectivity index (χ3v) is 9.76. The third kappa shape index (κ3) is 9.23. The number of ether oxygens (including phenoxy) is 5. The second-order valence-corrected chi connectivity index (χ2v) is 13.4. The lowest BCUT2D eigenvalue weighted by Gasteiger charge is -2.35. The summed E-state index contributed by atoms with van der Waals surface area (Å²) in [5.74, 6) is -2.47. The molecule has 4 heterocycles. The van der Waals surface area contributed by atoms with Crippen molar-refractivity contribution < 1.29 is 61.8 Å². The first-order chi connectivity index (χ1) is 26.6. The number of anilines is 1. The van der Waals surface area contributed by atoms with Crippen molar-refractivity contribution in [2.45, 2.75) is 80.8 Å². The summed E-state index contributed by atoms with van der Waals surface area (Å²) in [5.41, 5.74) is 6.57. The van der Waals surface area contributed by atoms with Gasteiger partial charge in [-0.1, -0.05) is 24.3 Å². The second-order valence-electron chi connectivity index (χ2n) is 13.4. The highest BCUT2D eigenvalue weighted by Crippen LogP contribution is 2.35. The highest BCUT2D eigenvalue weighted by molar-refractivity contribution is 5.91. The summed E-state index contributed by atoms with van der Waals surface area (Å²) in [7, 11) is 1.19. The van der Waals surface area contributed by atoms with E-state index in [9.17, 15) is 47.7 Å². The van der Waals surface area contributed by atoms with Gasteiger partial charge < -0.3 is 55.0 Å². The molecule has 302 valence electrons. The van der Waals surface area contributed by atoms with Crippen molar-refractivity contribution in [3.05, 3.63) is 105 Å². The highest BCUT2D eigenvalue weighted by Gasteiger charge is 2.52. The smallest absolute Gasteiger partial charge is 0.456 e. The Hall–Kier alpha value is -5.25. The van der Waals surface area contributed by atoms with Crippen LogP contribution in [0.5, 0.6) is 5.75 Å². The van der Waals surface area contributed by atoms with Crippen LogP contribution in [-0.2, 0) is 35.1 Å². The minimum absolute atomic E-state index is 0.0405. The van der Waals surface area contributed by atoms with Gasteiger partial charge in [0.25, 0.3) is 11.5 Å². The number of hydrogen-bond acceptors (Lipinski definition) is 13. The number of carbonyl (C=O) groups excluding carboxylic acids is 2. The summed E-state index contributed by atoms with van der Waals surface area (Å²) >= 11 is 0. The van der Waals surface area contributed by atoms with Crippen LogP contribution in [0, 0.1) is 0 Å². The Balaban J connectivity index is 1.03. The zero-order chi connectivity index (χ0) is 40.3. The highest BCUT2D eigenvalue weighted by atomic mass is 19.4. The Bertz CT molecular complexity index is 2000. The molecule has 3 aliphatic rings. The molecule has 0 aliphatic carbocycles. The quantitative estimate of drug-likeness (QED) is 0.144. The summed E-state index contributed by atoms with van der Waals surface area (Å²) < 4.78 is 64.6. The van der Waals surface area contributed by atoms with Gasteiger partial charge in [0.05, 0.1) is 0 Å². The van der Waals surface area contributed by atoms with Crippen molar-refractivity contribution in [1.29, 1.82) is 0 Å². The van der Waals surface area contributed by atoms with Crippen molar-refractivity contribution in [3.8, 4) is 5.75 Å². The second kappa shape index (κ2) is 16.9. The maximum Gasteiger partial charge on any atom is 0.573 e. The van der Waals surface area contributed by atoms with Crippen LogP contribution in [0.4, 0.5) is 18.9 Å². The number of nitrogens with two attached hydrogens (primary N) is 1. The number of aliphatic hydroxyl groups excluding tert-OH is 3. The standard InChI is InChI=1S/C36H40F3N5O12/c1-52-28-27(48)33(44-15-12-25(46)42-35(44)51)54-29(28)30(31(40)49)55-34-26(47)23(45)16-24(53-34)32(50)41-17-18-2-6-21(7-3-18)43-13-10-20(11-14-43)19-4-8-22(9-5-19)56-36(37,38)39/h2-9,12,15-16,20,23,26-30,33-34,45,47-48H,10-11,13-14,17H2,1H3,(H2,40,49)(H,41,50)(H,42,46,51)/t23?,26?,27?,28?,29-,30+,33+,34+/m0/s1. The van der Waals surface area contributed by atoms with Gasteiger partial charge in [0.1, 0.15) is 36.3 Å². The van der Waals surface area contributed by atoms with Gasteiger partial charge in [0.15, 0.2) is 18.1 Å². The van der Waals surface area contributed by atoms with Crippen molar-refractivity contribution in [1.82, 2.24) is 14.9 Å². The molecule has 2 aromatic carbocycles. The average Bonchev–Trinajstić information content (AvgIpc) is 3.48. The molecule has 0 radical (unpaired) electrons. The molecule has 1 aromatic heterocycles. The molecule has 3 aromatic rings. The molecule has 0 bridgehead atoms. The average molecular weight is 792 g/mol. The van der Waals surface area contributed by atoms with Crippen LogP contribution in [0.15, 0.2) is 82.2 Å². The Morgan fingerprint density at radius 1 is 1.02 bits per heavy atom. The fraction of sp³-hybridized carbons (Fsp3) is 0.444. The van der Waals surface area contributed by atoms with E-state index in [2.05, 4.69) is 15.0 Å². The first-order valence-corrected chi connectivity index (χ1v) is 17.5. The van der Waals surface area contributed by atoms with Gasteiger partial charge in [-0.15, -0.1) is 13.2 Å². The molecule has 0 saturated carbocycles. The number of nitrogens with zero attached hydrogens (tertiary/aromatic N) is 2. The predicted octanol–water partition coefficient (Wildman–Crippen LogP) is 0.241. The number of piperidine rings is 1. The number of benzene rings is 2. The van der Waals surface area contributed by atoms with Gasteiger partial charge in [-0.3, -0.25) is 23.9 Å². The fourth-order valence-corrected chi connectivity index (χ4v) is 6.89. The van der Waals surface area contributed by atoms with Gasteiger partial charge in [-0.25, -0.2) is 4.79 Å². The Morgan fingerprint density at radius 2 is 1.70 bits per heavy atom. The normalized spacial score (nSPS) is 26.2. The van der Waals surface area contributed by atoms with Crippen LogP contribution >= 0.6 is 0 Å². The lowest BCUT2D eigenvalue weighted by molar-refractivity contribution is -0.274. The summed E-state index contributed by atoms with van der Waals surface area (Å²) in [5, 5.41) is 34.8. The first kappa shape index (κ1) is 40.4. The Morgan fingerprint density at radius 3 is 2.30 bits per heavy atom. The van der Waals surface area contributed by atoms with Crippen molar-refractivity contribution in [2.75, 3.05) is 25.1 Å². The molecule has 17 nitrogen and oxygen atoms in total. The van der Waals surface area contributed by atoms with Crippen LogP contribution in [-0.4, -0.2) is 106 Å². The topological polar surface area (TPSA) is 237 Å². The van der Waals surface area contributed by atoms with Gasteiger partial charge >= 0.3 is 12.1 Å². The van der Waals surface area contributed by atoms with E-state index in [4.69, 9.17) is 24.7 Å². The maximum atomic E-state index is 13.1. The molecule has 0 spiro atoms. The van der Waals surface area contributed by atoms with E-state index in [1.165, 1.54) is 19.2 Å². The van der Waals surface area contributed by atoms with E-state index >= 15 is 0 Å². The number of aromatic amines is 1. The fourth-order valence-electron chi connectivity index (χ4n) is 6.89. The minimum atomic E-state index is -4.75. The molecule has 2 fully saturated rings. The number of nitrogens with one attached hydrogen (secondary N) is 2. The molecular formula is C36H40F3N5O12. The number of halogens is 3. The summed E-state index contributed by atoms with van der Waals surface area (Å²) in [6.45, 7) is 1.48. The van der Waals surface area contributed by atoms with Gasteiger partial charge in [0, 0.05) is 44.7 Å². The zero-order valence-electron chi connectivity index (χ0n) is 29.7. The number of aromatic nitrogens is 2. The van der Waals surface area contributed by atoms with Crippen LogP contribution < -0.4 is 31.9 Å². The zero-order valence-corrected chi connectivity index (χ0v) is 29.7. The number of aliphatic hydroxyl groups is 3. The molecule has 7 N–H and O–H groups in total. The number of carbonyl (C=O) groups is 2. The molecule has 3 aliphatic heterocycles. The van der Waals surface area contributed by atoms with E-state index < -0.39 is 84.3 Å². The van der Waals surface area contributed by atoms with Gasteiger partial charge in [0.2, 0.25) is 12.2 Å². The molecule has 2 saturated heterocycles. The molecular weight excluding hydrogens is 751 g/mol.